The minimum atomic E-state index is -4.38. The molecule has 0 spiro atoms. The summed E-state index contributed by atoms with van der Waals surface area (Å²) in [5, 5.41) is 0. The van der Waals surface area contributed by atoms with Crippen LogP contribution in [0.2, 0.25) is 0 Å². The van der Waals surface area contributed by atoms with Gasteiger partial charge in [-0.15, -0.1) is 0 Å². The van der Waals surface area contributed by atoms with Crippen molar-refractivity contribution >= 4 is 19.8 Å². The fraction of sp³-hybridized carbons (Fsp3) is 0.839. The van der Waals surface area contributed by atoms with Crippen LogP contribution in [-0.4, -0.2) is 74.9 Å². The number of carbonyl (C=O) groups is 2. The Labute approximate surface area is 445 Å². The van der Waals surface area contributed by atoms with Crippen molar-refractivity contribution in [1.29, 1.82) is 0 Å². The van der Waals surface area contributed by atoms with Gasteiger partial charge >= 0.3 is 19.8 Å². The minimum absolute atomic E-state index is 0.0346. The third kappa shape index (κ3) is 57.3. The maximum atomic E-state index is 12.8. The smallest absolute Gasteiger partial charge is 0.462 e. The van der Waals surface area contributed by atoms with E-state index in [1.54, 1.807) is 0 Å². The van der Waals surface area contributed by atoms with Gasteiger partial charge in [0.15, 0.2) is 6.10 Å². The van der Waals surface area contributed by atoms with Crippen molar-refractivity contribution in [3.63, 3.8) is 0 Å². The van der Waals surface area contributed by atoms with Crippen molar-refractivity contribution < 1.29 is 42.1 Å². The van der Waals surface area contributed by atoms with E-state index in [2.05, 4.69) is 62.5 Å². The molecule has 0 aromatic rings. The Balaban J connectivity index is 3.88. The summed E-state index contributed by atoms with van der Waals surface area (Å²) in [6, 6.07) is 0. The van der Waals surface area contributed by atoms with E-state index in [1.807, 2.05) is 21.1 Å². The predicted octanol–water partition coefficient (Wildman–Crippen LogP) is 18.9. The van der Waals surface area contributed by atoms with Crippen LogP contribution in [0.25, 0.3) is 0 Å². The molecule has 9 nitrogen and oxygen atoms in total. The second kappa shape index (κ2) is 53.8. The Kier molecular flexibility index (Phi) is 52.3. The van der Waals surface area contributed by atoms with Gasteiger partial charge in [0.1, 0.15) is 19.8 Å². The van der Waals surface area contributed by atoms with E-state index < -0.39 is 26.5 Å². The van der Waals surface area contributed by atoms with E-state index in [9.17, 15) is 19.0 Å². The van der Waals surface area contributed by atoms with E-state index >= 15 is 0 Å². The monoisotopic (exact) mass is 1030 g/mol. The van der Waals surface area contributed by atoms with Crippen LogP contribution in [0, 0.1) is 0 Å². The molecule has 422 valence electrons. The summed E-state index contributed by atoms with van der Waals surface area (Å²) in [6.45, 7) is 4.34. The molecule has 0 saturated carbocycles. The highest BCUT2D eigenvalue weighted by Crippen LogP contribution is 2.43. The van der Waals surface area contributed by atoms with Gasteiger partial charge in [-0.25, -0.2) is 4.57 Å². The van der Waals surface area contributed by atoms with Crippen LogP contribution in [0.5, 0.6) is 0 Å². The maximum Gasteiger partial charge on any atom is 0.472 e. The van der Waals surface area contributed by atoms with Crippen LogP contribution < -0.4 is 0 Å². The van der Waals surface area contributed by atoms with Gasteiger partial charge in [-0.2, -0.15) is 0 Å². The van der Waals surface area contributed by atoms with Gasteiger partial charge in [-0.3, -0.25) is 18.6 Å². The summed E-state index contributed by atoms with van der Waals surface area (Å²) in [5.41, 5.74) is 0. The van der Waals surface area contributed by atoms with E-state index in [0.717, 1.165) is 57.8 Å². The molecule has 0 bridgehead atoms. The molecule has 10 heteroatoms. The Morgan fingerprint density at radius 2 is 0.792 bits per heavy atom. The molecule has 2 unspecified atom stereocenters. The lowest BCUT2D eigenvalue weighted by Crippen LogP contribution is -2.37. The number of hydrogen-bond donors (Lipinski definition) is 1. The average Bonchev–Trinajstić information content (AvgIpc) is 3.34. The maximum absolute atomic E-state index is 12.8. The number of quaternary nitrogens is 1. The number of hydrogen-bond acceptors (Lipinski definition) is 7. The molecule has 72 heavy (non-hydrogen) atoms. The molecule has 0 saturated heterocycles. The first-order valence-corrected chi connectivity index (χ1v) is 31.9. The number of esters is 2. The summed E-state index contributed by atoms with van der Waals surface area (Å²) in [4.78, 5) is 35.5. The third-order valence-electron chi connectivity index (χ3n) is 13.4. The normalized spacial score (nSPS) is 13.6. The van der Waals surface area contributed by atoms with Crippen LogP contribution in [0.3, 0.4) is 0 Å². The molecule has 0 heterocycles. The topological polar surface area (TPSA) is 108 Å². The molecule has 0 rings (SSSR count). The van der Waals surface area contributed by atoms with Crippen molar-refractivity contribution in [2.45, 2.75) is 290 Å². The minimum Gasteiger partial charge on any atom is -0.462 e. The highest BCUT2D eigenvalue weighted by Gasteiger charge is 2.27. The number of likely N-dealkylation sites (N-methyl/N-ethyl adjacent to an activating group) is 1. The second-order valence-electron chi connectivity index (χ2n) is 21.7. The van der Waals surface area contributed by atoms with Crippen LogP contribution in [0.15, 0.2) is 48.6 Å². The molecule has 0 aliphatic heterocycles. The Morgan fingerprint density at radius 1 is 0.444 bits per heavy atom. The number of rotatable bonds is 56. The third-order valence-corrected chi connectivity index (χ3v) is 14.4. The number of phosphoric acid groups is 1. The molecular formula is C62H117NO8P+. The quantitative estimate of drug-likeness (QED) is 0.0211. The molecule has 0 aromatic heterocycles. The van der Waals surface area contributed by atoms with Gasteiger partial charge in [-0.1, -0.05) is 268 Å². The SMILES string of the molecule is CC/C=C\C/C=C\C/C=C\C/C=C\CCCCCCCCCCCCCCCCCCCCCCCCCCC(=O)OC(COC(=O)CCCCCCCCCCCCC)COP(=O)(O)OCC[N+](C)(C)C. The highest BCUT2D eigenvalue weighted by atomic mass is 31.2. The molecule has 0 amide bonds. The molecule has 1 N–H and O–H groups in total. The molecule has 0 fully saturated rings. The summed E-state index contributed by atoms with van der Waals surface area (Å²) in [6.07, 6.45) is 67.9. The average molecular weight is 1040 g/mol. The standard InChI is InChI=1S/C62H116NO8P/c1-6-8-10-12-14-16-18-19-20-21-22-23-24-25-26-27-28-29-30-31-32-33-34-35-36-37-38-39-40-41-42-43-45-47-49-51-53-55-62(65)71-60(59-70-72(66,67)69-57-56-63(3,4)5)58-68-61(64)54-52-50-48-46-44-17-15-13-11-9-7-2/h8,10,14,16,19-20,22-23,60H,6-7,9,11-13,15,17-18,21,24-59H2,1-5H3/p+1/b10-8-,16-14-,20-19-,23-22-. The largest absolute Gasteiger partial charge is 0.472 e. The van der Waals surface area contributed by atoms with Gasteiger partial charge in [0, 0.05) is 12.8 Å². The van der Waals surface area contributed by atoms with Crippen molar-refractivity contribution in [3.05, 3.63) is 48.6 Å². The van der Waals surface area contributed by atoms with Gasteiger partial charge in [0.05, 0.1) is 27.7 Å². The number of carbonyl (C=O) groups excluding carboxylic acids is 2. The molecular weight excluding hydrogens is 918 g/mol. The Bertz CT molecular complexity index is 1360. The number of unbranched alkanes of at least 4 members (excludes halogenated alkanes) is 34. The molecule has 0 radical (unpaired) electrons. The van der Waals surface area contributed by atoms with E-state index in [4.69, 9.17) is 18.5 Å². The van der Waals surface area contributed by atoms with Gasteiger partial charge in [0.25, 0.3) is 0 Å². The summed E-state index contributed by atoms with van der Waals surface area (Å²) >= 11 is 0. The molecule has 0 aromatic carbocycles. The zero-order chi connectivity index (χ0) is 52.7. The predicted molar refractivity (Wildman–Crippen MR) is 307 cm³/mol. The number of ether oxygens (including phenoxy) is 2. The molecule has 2 atom stereocenters. The van der Waals surface area contributed by atoms with Crippen LogP contribution in [0.4, 0.5) is 0 Å². The lowest BCUT2D eigenvalue weighted by Gasteiger charge is -2.24. The van der Waals surface area contributed by atoms with Gasteiger partial charge in [0.2, 0.25) is 0 Å². The van der Waals surface area contributed by atoms with E-state index in [1.165, 1.54) is 193 Å². The lowest BCUT2D eigenvalue weighted by atomic mass is 10.0. The molecule has 0 aliphatic carbocycles. The summed E-state index contributed by atoms with van der Waals surface area (Å²) in [7, 11) is 1.49. The first kappa shape index (κ1) is 70.0. The lowest BCUT2D eigenvalue weighted by molar-refractivity contribution is -0.870. The highest BCUT2D eigenvalue weighted by molar-refractivity contribution is 7.47. The number of phosphoric ester groups is 1. The van der Waals surface area contributed by atoms with E-state index in [0.29, 0.717) is 23.9 Å². The summed E-state index contributed by atoms with van der Waals surface area (Å²) < 4.78 is 34.5. The van der Waals surface area contributed by atoms with Gasteiger partial charge in [-0.05, 0) is 51.4 Å². The van der Waals surface area contributed by atoms with Gasteiger partial charge < -0.3 is 18.9 Å². The second-order valence-corrected chi connectivity index (χ2v) is 23.2. The van der Waals surface area contributed by atoms with Crippen LogP contribution in [0.1, 0.15) is 284 Å². The zero-order valence-electron chi connectivity index (χ0n) is 47.9. The number of allylic oxidation sites excluding steroid dienone is 8. The fourth-order valence-corrected chi connectivity index (χ4v) is 9.46. The van der Waals surface area contributed by atoms with Crippen molar-refractivity contribution in [2.75, 3.05) is 47.5 Å². The fourth-order valence-electron chi connectivity index (χ4n) is 8.72. The van der Waals surface area contributed by atoms with E-state index in [-0.39, 0.29) is 25.6 Å². The van der Waals surface area contributed by atoms with Crippen molar-refractivity contribution in [3.8, 4) is 0 Å². The summed E-state index contributed by atoms with van der Waals surface area (Å²) in [5.74, 6) is -0.784. The van der Waals surface area contributed by atoms with Crippen LogP contribution in [-0.2, 0) is 32.7 Å². The zero-order valence-corrected chi connectivity index (χ0v) is 48.8. The van der Waals surface area contributed by atoms with Crippen LogP contribution >= 0.6 is 7.82 Å². The molecule has 0 aliphatic rings. The Morgan fingerprint density at radius 3 is 1.18 bits per heavy atom. The Hall–Kier alpha value is -2.03. The van der Waals surface area contributed by atoms with Crippen molar-refractivity contribution in [1.82, 2.24) is 0 Å². The first-order valence-electron chi connectivity index (χ1n) is 30.4. The number of nitrogens with zero attached hydrogens (tertiary/aromatic N) is 1. The van der Waals surface area contributed by atoms with Crippen molar-refractivity contribution in [2.24, 2.45) is 0 Å². The first-order chi connectivity index (χ1) is 35.0.